The fourth-order valence-electron chi connectivity index (χ4n) is 1.83. The summed E-state index contributed by atoms with van der Waals surface area (Å²) in [4.78, 5) is 23.8. The second-order valence-electron chi connectivity index (χ2n) is 5.02. The molecule has 1 amide bonds. The monoisotopic (exact) mass is 293 g/mol. The number of nitrogen functional groups attached to an aromatic ring is 1. The first-order valence-electron chi connectivity index (χ1n) is 6.43. The Morgan fingerprint density at radius 3 is 2.80 bits per heavy atom. The first kappa shape index (κ1) is 14.7. The van der Waals surface area contributed by atoms with Crippen LogP contribution in [0.3, 0.4) is 0 Å². The summed E-state index contributed by atoms with van der Waals surface area (Å²) in [5.74, 6) is -0.154. The summed E-state index contributed by atoms with van der Waals surface area (Å²) < 4.78 is 0. The summed E-state index contributed by atoms with van der Waals surface area (Å²) >= 11 is 1.28. The Kier molecular flexibility index (Phi) is 4.51. The number of nitrogens with zero attached hydrogens (tertiary/aromatic N) is 3. The van der Waals surface area contributed by atoms with E-state index >= 15 is 0 Å². The number of hydrogen-bond donors (Lipinski definition) is 2. The zero-order valence-corrected chi connectivity index (χ0v) is 12.7. The van der Waals surface area contributed by atoms with Gasteiger partial charge in [0.2, 0.25) is 0 Å². The van der Waals surface area contributed by atoms with Crippen molar-refractivity contribution < 1.29 is 4.79 Å². The van der Waals surface area contributed by atoms with E-state index in [1.54, 1.807) is 12.4 Å². The highest BCUT2D eigenvalue weighted by atomic mass is 32.1. The molecule has 2 rings (SSSR count). The van der Waals surface area contributed by atoms with Crippen molar-refractivity contribution in [3.05, 3.63) is 17.3 Å². The molecule has 0 spiro atoms. The van der Waals surface area contributed by atoms with Crippen LogP contribution in [0.5, 0.6) is 0 Å². The van der Waals surface area contributed by atoms with Gasteiger partial charge < -0.3 is 16.0 Å². The van der Waals surface area contributed by atoms with Gasteiger partial charge in [-0.25, -0.2) is 9.97 Å². The van der Waals surface area contributed by atoms with Gasteiger partial charge in [0.1, 0.15) is 15.2 Å². The minimum atomic E-state index is -0.154. The van der Waals surface area contributed by atoms with E-state index in [9.17, 15) is 4.79 Å². The first-order valence-corrected chi connectivity index (χ1v) is 7.25. The normalized spacial score (nSPS) is 12.8. The lowest BCUT2D eigenvalue weighted by Gasteiger charge is -2.16. The van der Waals surface area contributed by atoms with Crippen LogP contribution in [0.2, 0.25) is 0 Å². The van der Waals surface area contributed by atoms with Crippen LogP contribution < -0.4 is 11.1 Å². The second-order valence-corrected chi connectivity index (χ2v) is 6.02. The Morgan fingerprint density at radius 1 is 1.45 bits per heavy atom. The molecule has 0 saturated heterocycles. The molecule has 2 aromatic heterocycles. The highest BCUT2D eigenvalue weighted by Gasteiger charge is 2.19. The predicted octanol–water partition coefficient (Wildman–Crippen LogP) is 1.34. The molecule has 0 bridgehead atoms. The van der Waals surface area contributed by atoms with E-state index in [1.165, 1.54) is 11.3 Å². The van der Waals surface area contributed by atoms with Crippen molar-refractivity contribution in [3.63, 3.8) is 0 Å². The number of carbonyl (C=O) groups is 1. The molecule has 0 aliphatic carbocycles. The Balaban J connectivity index is 2.09. The van der Waals surface area contributed by atoms with Gasteiger partial charge in [-0.2, -0.15) is 0 Å². The summed E-state index contributed by atoms with van der Waals surface area (Å²) in [6, 6.07) is 0.0930. The highest BCUT2D eigenvalue weighted by Crippen LogP contribution is 2.30. The van der Waals surface area contributed by atoms with E-state index in [0.29, 0.717) is 20.9 Å². The Labute approximate surface area is 122 Å². The van der Waals surface area contributed by atoms with Gasteiger partial charge in [0.15, 0.2) is 0 Å². The summed E-state index contributed by atoms with van der Waals surface area (Å²) in [6.45, 7) is 2.91. The zero-order chi connectivity index (χ0) is 14.7. The van der Waals surface area contributed by atoms with Crippen molar-refractivity contribution in [2.75, 3.05) is 26.4 Å². The lowest BCUT2D eigenvalue weighted by Crippen LogP contribution is -2.34. The van der Waals surface area contributed by atoms with E-state index in [1.807, 2.05) is 21.0 Å². The molecule has 2 heterocycles. The molecule has 3 N–H and O–H groups in total. The summed E-state index contributed by atoms with van der Waals surface area (Å²) in [7, 11) is 4.02. The number of rotatable bonds is 5. The van der Waals surface area contributed by atoms with Gasteiger partial charge in [-0.05, 0) is 34.0 Å². The van der Waals surface area contributed by atoms with Gasteiger partial charge >= 0.3 is 0 Å². The maximum atomic E-state index is 12.2. The van der Waals surface area contributed by atoms with Crippen LogP contribution in [-0.4, -0.2) is 47.5 Å². The van der Waals surface area contributed by atoms with Crippen molar-refractivity contribution >= 4 is 33.3 Å². The summed E-state index contributed by atoms with van der Waals surface area (Å²) in [5.41, 5.74) is 6.99. The third kappa shape index (κ3) is 3.23. The van der Waals surface area contributed by atoms with Crippen LogP contribution in [0.4, 0.5) is 5.69 Å². The van der Waals surface area contributed by atoms with Gasteiger partial charge in [0, 0.05) is 18.4 Å². The molecule has 2 aromatic rings. The quantitative estimate of drug-likeness (QED) is 0.869. The number of hydrogen-bond acceptors (Lipinski definition) is 6. The molecule has 0 saturated carbocycles. The minimum absolute atomic E-state index is 0.0930. The summed E-state index contributed by atoms with van der Waals surface area (Å²) in [5, 5.41) is 2.96. The van der Waals surface area contributed by atoms with Gasteiger partial charge in [-0.15, -0.1) is 11.3 Å². The number of nitrogens with two attached hydrogens (primary N) is 1. The fraction of sp³-hybridized carbons (Fsp3) is 0.462. The topological polar surface area (TPSA) is 84.1 Å². The van der Waals surface area contributed by atoms with Crippen molar-refractivity contribution in [1.29, 1.82) is 0 Å². The summed E-state index contributed by atoms with van der Waals surface area (Å²) in [6.07, 6.45) is 4.06. The van der Waals surface area contributed by atoms with Crippen LogP contribution >= 0.6 is 11.3 Å². The molecule has 0 aliphatic heterocycles. The van der Waals surface area contributed by atoms with Crippen molar-refractivity contribution in [1.82, 2.24) is 20.2 Å². The average Bonchev–Trinajstić information content (AvgIpc) is 2.74. The first-order chi connectivity index (χ1) is 9.49. The molecule has 0 aliphatic rings. The molecule has 0 radical (unpaired) electrons. The number of fused-ring (bicyclic) bond motifs is 1. The van der Waals surface area contributed by atoms with Crippen LogP contribution in [0, 0.1) is 0 Å². The van der Waals surface area contributed by atoms with E-state index in [4.69, 9.17) is 5.73 Å². The molecule has 6 nitrogen and oxygen atoms in total. The van der Waals surface area contributed by atoms with Crippen LogP contribution in [-0.2, 0) is 0 Å². The molecule has 1 atom stereocenters. The lowest BCUT2D eigenvalue weighted by atomic mass is 10.2. The largest absolute Gasteiger partial charge is 0.396 e. The zero-order valence-electron chi connectivity index (χ0n) is 11.9. The van der Waals surface area contributed by atoms with E-state index in [0.717, 1.165) is 13.0 Å². The van der Waals surface area contributed by atoms with Gasteiger partial charge in [-0.3, -0.25) is 4.79 Å². The van der Waals surface area contributed by atoms with Crippen molar-refractivity contribution in [2.24, 2.45) is 0 Å². The molecule has 0 aromatic carbocycles. The maximum Gasteiger partial charge on any atom is 0.263 e. The number of amides is 1. The Hall–Kier alpha value is -1.73. The van der Waals surface area contributed by atoms with Gasteiger partial charge in [-0.1, -0.05) is 0 Å². The maximum absolute atomic E-state index is 12.2. The standard InChI is InChI=1S/C13H19N5OS/c1-8(4-7-18(2)3)17-12(19)11-9(14)10-13(20-11)16-6-5-15-10/h5-6,8H,4,7,14H2,1-3H3,(H,17,19). The average molecular weight is 293 g/mol. The van der Waals surface area contributed by atoms with Crippen LogP contribution in [0.15, 0.2) is 12.4 Å². The molecule has 1 unspecified atom stereocenters. The Bertz CT molecular complexity index is 610. The fourth-order valence-corrected chi connectivity index (χ4v) is 2.75. The lowest BCUT2D eigenvalue weighted by molar-refractivity contribution is 0.0941. The number of carbonyl (C=O) groups excluding carboxylic acids is 1. The van der Waals surface area contributed by atoms with Gasteiger partial charge in [0.05, 0.1) is 5.69 Å². The molecule has 108 valence electrons. The number of nitrogens with one attached hydrogen (secondary N) is 1. The van der Waals surface area contributed by atoms with E-state index < -0.39 is 0 Å². The SMILES string of the molecule is CC(CCN(C)C)NC(=O)c1sc2nccnc2c1N. The number of anilines is 1. The third-order valence-electron chi connectivity index (χ3n) is 2.96. The van der Waals surface area contributed by atoms with E-state index in [-0.39, 0.29) is 11.9 Å². The number of aromatic nitrogens is 2. The van der Waals surface area contributed by atoms with Crippen LogP contribution in [0.25, 0.3) is 10.3 Å². The van der Waals surface area contributed by atoms with Crippen molar-refractivity contribution in [3.8, 4) is 0 Å². The number of thiophene rings is 1. The third-order valence-corrected chi connectivity index (χ3v) is 4.06. The van der Waals surface area contributed by atoms with Crippen molar-refractivity contribution in [2.45, 2.75) is 19.4 Å². The molecular weight excluding hydrogens is 274 g/mol. The van der Waals surface area contributed by atoms with E-state index in [2.05, 4.69) is 20.2 Å². The highest BCUT2D eigenvalue weighted by molar-refractivity contribution is 7.21. The smallest absolute Gasteiger partial charge is 0.263 e. The predicted molar refractivity (Wildman–Crippen MR) is 81.9 cm³/mol. The van der Waals surface area contributed by atoms with Gasteiger partial charge in [0.25, 0.3) is 5.91 Å². The molecule has 7 heteroatoms. The Morgan fingerprint density at radius 2 is 2.15 bits per heavy atom. The van der Waals surface area contributed by atoms with Crippen LogP contribution in [0.1, 0.15) is 23.0 Å². The molecular formula is C13H19N5OS. The second kappa shape index (κ2) is 6.15. The molecule has 0 fully saturated rings. The minimum Gasteiger partial charge on any atom is -0.396 e. The molecule has 20 heavy (non-hydrogen) atoms.